The molecule has 0 fully saturated rings. The molecule has 1 aromatic rings. The number of benzene rings is 1. The predicted molar refractivity (Wildman–Crippen MR) is 71.5 cm³/mol. The molecule has 0 unspecified atom stereocenters. The van der Waals surface area contributed by atoms with Gasteiger partial charge in [-0.15, -0.1) is 0 Å². The minimum atomic E-state index is -0.795. The first-order chi connectivity index (χ1) is 8.30. The molecule has 0 N–H and O–H groups in total. The maximum absolute atomic E-state index is 5.58. The molecule has 1 rings (SSSR count). The van der Waals surface area contributed by atoms with Crippen molar-refractivity contribution in [3.8, 4) is 5.75 Å². The van der Waals surface area contributed by atoms with E-state index in [2.05, 4.69) is 12.1 Å². The fourth-order valence-corrected chi connectivity index (χ4v) is 2.77. The highest BCUT2D eigenvalue weighted by molar-refractivity contribution is 7.46. The van der Waals surface area contributed by atoms with E-state index in [4.69, 9.17) is 13.8 Å². The Morgan fingerprint density at radius 1 is 0.882 bits per heavy atom. The van der Waals surface area contributed by atoms with Crippen LogP contribution in [0, 0.1) is 0 Å². The standard InChI is InChI=1S/C13H21O3P/c1-4-14-13-9-7-12(8-10-13)11-17(15-5-2)16-6-3/h7-10H,4-6,11H2,1-3H3. The molecule has 0 aliphatic heterocycles. The highest BCUT2D eigenvalue weighted by Gasteiger charge is 2.10. The van der Waals surface area contributed by atoms with Gasteiger partial charge in [0.25, 0.3) is 0 Å². The molecule has 1 aromatic carbocycles. The topological polar surface area (TPSA) is 27.7 Å². The van der Waals surface area contributed by atoms with Crippen LogP contribution in [0.25, 0.3) is 0 Å². The molecule has 0 bridgehead atoms. The fourth-order valence-electron chi connectivity index (χ4n) is 1.42. The van der Waals surface area contributed by atoms with Gasteiger partial charge >= 0.3 is 0 Å². The van der Waals surface area contributed by atoms with Crippen molar-refractivity contribution in [1.29, 1.82) is 0 Å². The van der Waals surface area contributed by atoms with Crippen LogP contribution in [0.3, 0.4) is 0 Å². The quantitative estimate of drug-likeness (QED) is 0.659. The van der Waals surface area contributed by atoms with Crippen molar-refractivity contribution in [2.24, 2.45) is 0 Å². The minimum Gasteiger partial charge on any atom is -0.494 e. The first-order valence-corrected chi connectivity index (χ1v) is 7.41. The van der Waals surface area contributed by atoms with E-state index in [0.29, 0.717) is 19.8 Å². The van der Waals surface area contributed by atoms with Crippen LogP contribution in [-0.2, 0) is 15.2 Å². The lowest BCUT2D eigenvalue weighted by molar-refractivity contribution is 0.268. The van der Waals surface area contributed by atoms with Crippen molar-refractivity contribution in [1.82, 2.24) is 0 Å². The number of rotatable bonds is 8. The molecule has 0 amide bonds. The van der Waals surface area contributed by atoms with Gasteiger partial charge in [0.15, 0.2) is 8.38 Å². The van der Waals surface area contributed by atoms with Gasteiger partial charge in [-0.05, 0) is 38.5 Å². The first kappa shape index (κ1) is 14.4. The van der Waals surface area contributed by atoms with Gasteiger partial charge in [0.05, 0.1) is 19.8 Å². The van der Waals surface area contributed by atoms with Gasteiger partial charge in [0.1, 0.15) is 5.75 Å². The average molecular weight is 256 g/mol. The zero-order chi connectivity index (χ0) is 12.5. The van der Waals surface area contributed by atoms with Crippen LogP contribution >= 0.6 is 8.38 Å². The van der Waals surface area contributed by atoms with Gasteiger partial charge in [-0.3, -0.25) is 0 Å². The highest BCUT2D eigenvalue weighted by atomic mass is 31.2. The third-order valence-corrected chi connectivity index (χ3v) is 3.81. The Labute approximate surface area is 105 Å². The average Bonchev–Trinajstić information content (AvgIpc) is 2.33. The van der Waals surface area contributed by atoms with Gasteiger partial charge in [0, 0.05) is 6.16 Å². The van der Waals surface area contributed by atoms with E-state index >= 15 is 0 Å². The molecule has 0 aliphatic carbocycles. The summed E-state index contributed by atoms with van der Waals surface area (Å²) in [5.41, 5.74) is 1.22. The zero-order valence-electron chi connectivity index (χ0n) is 10.8. The number of hydrogen-bond donors (Lipinski definition) is 0. The second-order valence-corrected chi connectivity index (χ2v) is 4.90. The lowest BCUT2D eigenvalue weighted by Crippen LogP contribution is -1.95. The third-order valence-electron chi connectivity index (χ3n) is 2.09. The number of hydrogen-bond acceptors (Lipinski definition) is 3. The van der Waals surface area contributed by atoms with E-state index in [0.717, 1.165) is 11.9 Å². The summed E-state index contributed by atoms with van der Waals surface area (Å²) in [6, 6.07) is 8.12. The second-order valence-electron chi connectivity index (χ2n) is 3.40. The van der Waals surface area contributed by atoms with Crippen LogP contribution < -0.4 is 4.74 Å². The monoisotopic (exact) mass is 256 g/mol. The molecule has 4 heteroatoms. The molecule has 0 saturated carbocycles. The van der Waals surface area contributed by atoms with Gasteiger partial charge in [-0.25, -0.2) is 0 Å². The third kappa shape index (κ3) is 5.49. The Hall–Kier alpha value is -0.630. The van der Waals surface area contributed by atoms with Crippen LogP contribution in [0.15, 0.2) is 24.3 Å². The van der Waals surface area contributed by atoms with Crippen LogP contribution in [0.5, 0.6) is 5.75 Å². The summed E-state index contributed by atoms with van der Waals surface area (Å²) < 4.78 is 16.6. The fraction of sp³-hybridized carbons (Fsp3) is 0.538. The predicted octanol–water partition coefficient (Wildman–Crippen LogP) is 3.97. The Balaban J connectivity index is 2.53. The van der Waals surface area contributed by atoms with E-state index < -0.39 is 8.38 Å². The van der Waals surface area contributed by atoms with Crippen molar-refractivity contribution in [3.05, 3.63) is 29.8 Å². The van der Waals surface area contributed by atoms with Crippen molar-refractivity contribution >= 4 is 8.38 Å². The lowest BCUT2D eigenvalue weighted by Gasteiger charge is -2.15. The molecule has 0 spiro atoms. The summed E-state index contributed by atoms with van der Waals surface area (Å²) >= 11 is 0. The number of ether oxygens (including phenoxy) is 1. The summed E-state index contributed by atoms with van der Waals surface area (Å²) in [6.07, 6.45) is 0.837. The van der Waals surface area contributed by atoms with Crippen molar-refractivity contribution in [2.45, 2.75) is 26.9 Å². The smallest absolute Gasteiger partial charge is 0.175 e. The van der Waals surface area contributed by atoms with Gasteiger partial charge in [0.2, 0.25) is 0 Å². The summed E-state index contributed by atoms with van der Waals surface area (Å²) in [4.78, 5) is 0. The molecule has 0 aliphatic rings. The molecule has 3 nitrogen and oxygen atoms in total. The van der Waals surface area contributed by atoms with Crippen LogP contribution in [0.4, 0.5) is 0 Å². The SMILES string of the molecule is CCOc1ccc(CP(OCC)OCC)cc1. The zero-order valence-corrected chi connectivity index (χ0v) is 11.7. The van der Waals surface area contributed by atoms with Crippen molar-refractivity contribution < 1.29 is 13.8 Å². The van der Waals surface area contributed by atoms with Crippen LogP contribution in [0.1, 0.15) is 26.3 Å². The summed E-state index contributed by atoms with van der Waals surface area (Å²) in [5, 5.41) is 0. The van der Waals surface area contributed by atoms with Crippen LogP contribution in [-0.4, -0.2) is 19.8 Å². The second kappa shape index (κ2) is 8.46. The summed E-state index contributed by atoms with van der Waals surface area (Å²) in [7, 11) is -0.795. The van der Waals surface area contributed by atoms with E-state index in [1.54, 1.807) is 0 Å². The van der Waals surface area contributed by atoms with E-state index in [9.17, 15) is 0 Å². The molecular formula is C13H21O3P. The molecule has 0 atom stereocenters. The normalized spacial score (nSPS) is 10.8. The molecule has 17 heavy (non-hydrogen) atoms. The minimum absolute atomic E-state index is 0.697. The largest absolute Gasteiger partial charge is 0.494 e. The summed E-state index contributed by atoms with van der Waals surface area (Å²) in [6.45, 7) is 8.06. The van der Waals surface area contributed by atoms with Crippen molar-refractivity contribution in [3.63, 3.8) is 0 Å². The maximum Gasteiger partial charge on any atom is 0.175 e. The van der Waals surface area contributed by atoms with E-state index in [1.807, 2.05) is 32.9 Å². The lowest BCUT2D eigenvalue weighted by atomic mass is 10.2. The van der Waals surface area contributed by atoms with Crippen LogP contribution in [0.2, 0.25) is 0 Å². The van der Waals surface area contributed by atoms with E-state index in [-0.39, 0.29) is 0 Å². The molecule has 0 radical (unpaired) electrons. The van der Waals surface area contributed by atoms with Gasteiger partial charge in [-0.1, -0.05) is 12.1 Å². The Bertz CT molecular complexity index is 294. The van der Waals surface area contributed by atoms with Gasteiger partial charge in [-0.2, -0.15) is 0 Å². The van der Waals surface area contributed by atoms with Gasteiger partial charge < -0.3 is 13.8 Å². The molecule has 96 valence electrons. The maximum atomic E-state index is 5.58. The molecule has 0 saturated heterocycles. The van der Waals surface area contributed by atoms with E-state index in [1.165, 1.54) is 5.56 Å². The molecule has 0 aromatic heterocycles. The molecular weight excluding hydrogens is 235 g/mol. The van der Waals surface area contributed by atoms with Crippen molar-refractivity contribution in [2.75, 3.05) is 19.8 Å². The molecule has 0 heterocycles. The highest BCUT2D eigenvalue weighted by Crippen LogP contribution is 2.41. The Kier molecular flexibility index (Phi) is 7.18. The summed E-state index contributed by atoms with van der Waals surface area (Å²) in [5.74, 6) is 0.911. The Morgan fingerprint density at radius 2 is 1.47 bits per heavy atom. The Morgan fingerprint density at radius 3 is 1.94 bits per heavy atom. The first-order valence-electron chi connectivity index (χ1n) is 6.05.